The summed E-state index contributed by atoms with van der Waals surface area (Å²) in [5.41, 5.74) is 0.533. The van der Waals surface area contributed by atoms with E-state index in [1.807, 2.05) is 0 Å². The van der Waals surface area contributed by atoms with Crippen LogP contribution >= 0.6 is 11.8 Å². The first-order valence-corrected chi connectivity index (χ1v) is 8.69. The molecule has 1 amide bonds. The van der Waals surface area contributed by atoms with Gasteiger partial charge in [0.15, 0.2) is 9.84 Å². The number of carbonyl (C=O) groups excluding carboxylic acids is 1. The van der Waals surface area contributed by atoms with E-state index in [0.717, 1.165) is 0 Å². The highest BCUT2D eigenvalue weighted by atomic mass is 32.2. The van der Waals surface area contributed by atoms with Gasteiger partial charge in [-0.05, 0) is 30.7 Å². The first-order chi connectivity index (χ1) is 8.94. The third-order valence-electron chi connectivity index (χ3n) is 2.77. The van der Waals surface area contributed by atoms with Crippen LogP contribution in [0, 0.1) is 5.82 Å². The van der Waals surface area contributed by atoms with Crippen LogP contribution in [-0.4, -0.2) is 36.8 Å². The maximum atomic E-state index is 12.7. The quantitative estimate of drug-likeness (QED) is 0.919. The molecule has 1 N–H and O–H groups in total. The van der Waals surface area contributed by atoms with Gasteiger partial charge in [-0.3, -0.25) is 4.79 Å². The number of hydrogen-bond donors (Lipinski definition) is 1. The van der Waals surface area contributed by atoms with Gasteiger partial charge in [0.1, 0.15) is 5.82 Å². The van der Waals surface area contributed by atoms with Gasteiger partial charge in [-0.25, -0.2) is 12.8 Å². The van der Waals surface area contributed by atoms with Crippen LogP contribution in [0.5, 0.6) is 0 Å². The molecule has 0 unspecified atom stereocenters. The molecule has 1 atom stereocenters. The molecule has 1 heterocycles. The summed E-state index contributed by atoms with van der Waals surface area (Å²) >= 11 is 1.35. The number of hydrogen-bond acceptors (Lipinski definition) is 4. The van der Waals surface area contributed by atoms with Crippen molar-refractivity contribution in [2.45, 2.75) is 11.7 Å². The van der Waals surface area contributed by atoms with Gasteiger partial charge in [0.05, 0.1) is 17.3 Å². The molecule has 4 nitrogen and oxygen atoms in total. The maximum absolute atomic E-state index is 12.7. The molecule has 0 spiro atoms. The van der Waals surface area contributed by atoms with Crippen LogP contribution in [0.15, 0.2) is 24.3 Å². The van der Waals surface area contributed by atoms with Gasteiger partial charge >= 0.3 is 0 Å². The second-order valence-electron chi connectivity index (χ2n) is 4.39. The van der Waals surface area contributed by atoms with Crippen LogP contribution in [0.2, 0.25) is 0 Å². The molecule has 1 aromatic carbocycles. The van der Waals surface area contributed by atoms with Crippen molar-refractivity contribution in [2.75, 3.05) is 22.6 Å². The fourth-order valence-corrected chi connectivity index (χ4v) is 5.26. The smallest absolute Gasteiger partial charge is 0.234 e. The van der Waals surface area contributed by atoms with E-state index in [9.17, 15) is 17.6 Å². The van der Waals surface area contributed by atoms with Crippen LogP contribution in [0.3, 0.4) is 0 Å². The van der Waals surface area contributed by atoms with E-state index < -0.39 is 9.84 Å². The van der Waals surface area contributed by atoms with Crippen LogP contribution < -0.4 is 5.32 Å². The Kier molecular flexibility index (Phi) is 4.46. The molecule has 19 heavy (non-hydrogen) atoms. The van der Waals surface area contributed by atoms with E-state index in [-0.39, 0.29) is 34.2 Å². The van der Waals surface area contributed by atoms with E-state index in [2.05, 4.69) is 5.32 Å². The predicted octanol–water partition coefficient (Wildman–Crippen LogP) is 1.68. The summed E-state index contributed by atoms with van der Waals surface area (Å²) in [7, 11) is -2.90. The molecule has 1 aliphatic heterocycles. The van der Waals surface area contributed by atoms with E-state index >= 15 is 0 Å². The van der Waals surface area contributed by atoms with E-state index in [1.165, 1.54) is 36.0 Å². The van der Waals surface area contributed by atoms with E-state index in [4.69, 9.17) is 0 Å². The minimum absolute atomic E-state index is 0.00367. The molecule has 1 aliphatic rings. The lowest BCUT2D eigenvalue weighted by molar-refractivity contribution is -0.113. The van der Waals surface area contributed by atoms with Crippen LogP contribution in [0.25, 0.3) is 0 Å². The predicted molar refractivity (Wildman–Crippen MR) is 74.5 cm³/mol. The number of halogens is 1. The highest BCUT2D eigenvalue weighted by molar-refractivity contribution is 8.02. The lowest BCUT2D eigenvalue weighted by Gasteiger charge is -2.08. The Bertz CT molecular complexity index is 557. The third-order valence-corrected chi connectivity index (χ3v) is 6.05. The zero-order valence-corrected chi connectivity index (χ0v) is 11.8. The van der Waals surface area contributed by atoms with Crippen molar-refractivity contribution in [3.63, 3.8) is 0 Å². The Hall–Kier alpha value is -1.08. The van der Waals surface area contributed by atoms with Crippen LogP contribution in [0.1, 0.15) is 6.42 Å². The minimum atomic E-state index is -2.90. The van der Waals surface area contributed by atoms with Crippen molar-refractivity contribution in [1.82, 2.24) is 0 Å². The molecule has 0 radical (unpaired) electrons. The van der Waals surface area contributed by atoms with Crippen molar-refractivity contribution in [3.05, 3.63) is 30.1 Å². The van der Waals surface area contributed by atoms with Crippen molar-refractivity contribution >= 4 is 33.2 Å². The number of carbonyl (C=O) groups is 1. The summed E-state index contributed by atoms with van der Waals surface area (Å²) in [6.07, 6.45) is 0.608. The molecule has 1 aromatic rings. The standard InChI is InChI=1S/C12H14FNO3S2/c13-9-1-3-10(4-2-9)14-12(15)7-18-11-5-6-19(16,17)8-11/h1-4,11H,5-8H2,(H,14,15)/t11-/m0/s1. The molecule has 1 fully saturated rings. The number of anilines is 1. The molecule has 0 saturated carbocycles. The van der Waals surface area contributed by atoms with Gasteiger partial charge in [0.2, 0.25) is 5.91 Å². The van der Waals surface area contributed by atoms with Gasteiger partial charge in [0.25, 0.3) is 0 Å². The number of sulfone groups is 1. The molecule has 0 aliphatic carbocycles. The van der Waals surface area contributed by atoms with Gasteiger partial charge in [-0.2, -0.15) is 0 Å². The number of thioether (sulfide) groups is 1. The van der Waals surface area contributed by atoms with Crippen molar-refractivity contribution in [3.8, 4) is 0 Å². The van der Waals surface area contributed by atoms with Gasteiger partial charge < -0.3 is 5.32 Å². The average molecular weight is 303 g/mol. The number of rotatable bonds is 4. The van der Waals surface area contributed by atoms with Gasteiger partial charge in [0, 0.05) is 10.9 Å². The molecule has 0 bridgehead atoms. The summed E-state index contributed by atoms with van der Waals surface area (Å²) in [4.78, 5) is 11.6. The number of benzene rings is 1. The van der Waals surface area contributed by atoms with Crippen molar-refractivity contribution in [1.29, 1.82) is 0 Å². The lowest BCUT2D eigenvalue weighted by Crippen LogP contribution is -2.17. The van der Waals surface area contributed by atoms with Crippen LogP contribution in [-0.2, 0) is 14.6 Å². The Balaban J connectivity index is 1.78. The average Bonchev–Trinajstić information content (AvgIpc) is 2.69. The molecule has 0 aromatic heterocycles. The third kappa shape index (κ3) is 4.50. The zero-order chi connectivity index (χ0) is 13.9. The Morgan fingerprint density at radius 2 is 2.05 bits per heavy atom. The van der Waals surface area contributed by atoms with Crippen molar-refractivity contribution < 1.29 is 17.6 Å². The number of nitrogens with one attached hydrogen (secondary N) is 1. The molecule has 104 valence electrons. The normalized spacial score (nSPS) is 21.2. The fraction of sp³-hybridized carbons (Fsp3) is 0.417. The second kappa shape index (κ2) is 5.92. The van der Waals surface area contributed by atoms with E-state index in [1.54, 1.807) is 0 Å². The summed E-state index contributed by atoms with van der Waals surface area (Å²) in [5.74, 6) is 0.00739. The molecule has 2 rings (SSSR count). The first-order valence-electron chi connectivity index (χ1n) is 5.82. The van der Waals surface area contributed by atoms with Crippen molar-refractivity contribution in [2.24, 2.45) is 0 Å². The first kappa shape index (κ1) is 14.3. The molecular weight excluding hydrogens is 289 g/mol. The summed E-state index contributed by atoms with van der Waals surface area (Å²) in [5, 5.41) is 2.64. The highest BCUT2D eigenvalue weighted by Gasteiger charge is 2.28. The Morgan fingerprint density at radius 3 is 2.63 bits per heavy atom. The summed E-state index contributed by atoms with van der Waals surface area (Å²) in [6.45, 7) is 0. The SMILES string of the molecule is O=C(CS[C@H]1CCS(=O)(=O)C1)Nc1ccc(F)cc1. The summed E-state index contributed by atoms with van der Waals surface area (Å²) in [6, 6.07) is 5.51. The molecule has 7 heteroatoms. The second-order valence-corrected chi connectivity index (χ2v) is 7.91. The molecular formula is C12H14FNO3S2. The number of amides is 1. The van der Waals surface area contributed by atoms with Gasteiger partial charge in [-0.1, -0.05) is 0 Å². The summed E-state index contributed by atoms with van der Waals surface area (Å²) < 4.78 is 35.2. The topological polar surface area (TPSA) is 63.2 Å². The fourth-order valence-electron chi connectivity index (χ4n) is 1.82. The van der Waals surface area contributed by atoms with E-state index in [0.29, 0.717) is 12.1 Å². The monoisotopic (exact) mass is 303 g/mol. The minimum Gasteiger partial charge on any atom is -0.325 e. The maximum Gasteiger partial charge on any atom is 0.234 e. The Morgan fingerprint density at radius 1 is 1.37 bits per heavy atom. The highest BCUT2D eigenvalue weighted by Crippen LogP contribution is 2.24. The molecule has 1 saturated heterocycles. The Labute approximate surface area is 115 Å². The zero-order valence-electron chi connectivity index (χ0n) is 10.1. The lowest BCUT2D eigenvalue weighted by atomic mass is 10.3. The van der Waals surface area contributed by atoms with Gasteiger partial charge in [-0.15, -0.1) is 11.8 Å². The van der Waals surface area contributed by atoms with Crippen LogP contribution in [0.4, 0.5) is 10.1 Å². The largest absolute Gasteiger partial charge is 0.325 e.